The molecule has 0 spiro atoms. The first-order chi connectivity index (χ1) is 10.3. The van der Waals surface area contributed by atoms with Gasteiger partial charge in [0.15, 0.2) is 0 Å². The van der Waals surface area contributed by atoms with Crippen LogP contribution >= 0.6 is 0 Å². The maximum Gasteiger partial charge on any atom is 0.119 e. The van der Waals surface area contributed by atoms with Crippen LogP contribution in [0.15, 0.2) is 36.4 Å². The summed E-state index contributed by atoms with van der Waals surface area (Å²) in [6.07, 6.45) is 1.39. The smallest absolute Gasteiger partial charge is 0.119 e. The minimum Gasteiger partial charge on any atom is -0.493 e. The van der Waals surface area contributed by atoms with Crippen molar-refractivity contribution in [2.24, 2.45) is 0 Å². The van der Waals surface area contributed by atoms with Gasteiger partial charge in [0.25, 0.3) is 0 Å². The average molecular weight is 284 g/mol. The van der Waals surface area contributed by atoms with E-state index in [2.05, 4.69) is 17.9 Å². The van der Waals surface area contributed by atoms with Gasteiger partial charge in [-0.25, -0.2) is 0 Å². The number of ether oxygens (including phenoxy) is 2. The first kappa shape index (κ1) is 15.4. The van der Waals surface area contributed by atoms with E-state index < -0.39 is 0 Å². The topological polar surface area (TPSA) is 38.7 Å². The quantitative estimate of drug-likeness (QED) is 0.654. The highest BCUT2D eigenvalue weighted by molar-refractivity contribution is 5.85. The molecule has 3 heteroatoms. The lowest BCUT2D eigenvalue weighted by molar-refractivity contribution is 0.172. The van der Waals surface area contributed by atoms with Crippen molar-refractivity contribution in [3.63, 3.8) is 0 Å². The van der Waals surface area contributed by atoms with Crippen molar-refractivity contribution in [1.82, 2.24) is 0 Å². The van der Waals surface area contributed by atoms with E-state index in [9.17, 15) is 0 Å². The Morgan fingerprint density at radius 2 is 1.86 bits per heavy atom. The average Bonchev–Trinajstić information content (AvgIpc) is 2.52. The van der Waals surface area contributed by atoms with Gasteiger partial charge in [-0.15, -0.1) is 0 Å². The van der Waals surface area contributed by atoms with E-state index in [1.165, 1.54) is 0 Å². The summed E-state index contributed by atoms with van der Waals surface area (Å²) in [5.74, 6) is 6.85. The van der Waals surface area contributed by atoms with Crippen LogP contribution in [-0.4, -0.2) is 32.0 Å². The van der Waals surface area contributed by atoms with Gasteiger partial charge >= 0.3 is 0 Å². The van der Waals surface area contributed by atoms with Gasteiger partial charge in [-0.05, 0) is 35.0 Å². The van der Waals surface area contributed by atoms with Gasteiger partial charge in [0.1, 0.15) is 5.75 Å². The van der Waals surface area contributed by atoms with Gasteiger partial charge in [0.05, 0.1) is 13.2 Å². The highest BCUT2D eigenvalue weighted by atomic mass is 16.5. The van der Waals surface area contributed by atoms with Gasteiger partial charge in [-0.3, -0.25) is 0 Å². The van der Waals surface area contributed by atoms with Crippen molar-refractivity contribution in [3.8, 4) is 17.6 Å². The number of methoxy groups -OCH3 is 1. The fourth-order valence-corrected chi connectivity index (χ4v) is 2.01. The Bertz CT molecular complexity index is 638. The lowest BCUT2D eigenvalue weighted by Gasteiger charge is -2.07. The highest BCUT2D eigenvalue weighted by Crippen LogP contribution is 2.22. The van der Waals surface area contributed by atoms with Gasteiger partial charge in [0, 0.05) is 32.1 Å². The summed E-state index contributed by atoms with van der Waals surface area (Å²) in [4.78, 5) is 0. The zero-order valence-corrected chi connectivity index (χ0v) is 12.3. The molecule has 0 unspecified atom stereocenters. The second-order valence-electron chi connectivity index (χ2n) is 4.69. The molecule has 2 rings (SSSR count). The van der Waals surface area contributed by atoms with Crippen molar-refractivity contribution < 1.29 is 14.6 Å². The van der Waals surface area contributed by atoms with Gasteiger partial charge < -0.3 is 14.6 Å². The van der Waals surface area contributed by atoms with Crippen molar-refractivity contribution in [2.45, 2.75) is 12.8 Å². The molecule has 0 fully saturated rings. The molecule has 0 amide bonds. The summed E-state index contributed by atoms with van der Waals surface area (Å²) >= 11 is 0. The molecular formula is C18H20O3. The first-order valence-corrected chi connectivity index (χ1v) is 7.09. The van der Waals surface area contributed by atoms with E-state index >= 15 is 0 Å². The predicted molar refractivity (Wildman–Crippen MR) is 84.5 cm³/mol. The number of aliphatic hydroxyl groups excluding tert-OH is 1. The zero-order valence-electron chi connectivity index (χ0n) is 12.3. The number of fused-ring (bicyclic) bond motifs is 1. The molecule has 0 aliphatic heterocycles. The normalized spacial score (nSPS) is 10.2. The van der Waals surface area contributed by atoms with Crippen LogP contribution in [-0.2, 0) is 4.74 Å². The zero-order chi connectivity index (χ0) is 14.9. The Labute approximate surface area is 125 Å². The summed E-state index contributed by atoms with van der Waals surface area (Å²) in [5.41, 5.74) is 0.963. The molecule has 0 bridgehead atoms. The Morgan fingerprint density at radius 1 is 1.05 bits per heavy atom. The van der Waals surface area contributed by atoms with Crippen LogP contribution in [0.25, 0.3) is 10.8 Å². The molecule has 0 radical (unpaired) electrons. The molecule has 0 aliphatic carbocycles. The van der Waals surface area contributed by atoms with E-state index in [4.69, 9.17) is 14.6 Å². The van der Waals surface area contributed by atoms with Crippen LogP contribution in [0.1, 0.15) is 18.4 Å². The second-order valence-corrected chi connectivity index (χ2v) is 4.69. The minimum absolute atomic E-state index is 0.102. The standard InChI is InChI=1S/C18H20O3/c1-20-11-4-12-21-18-9-8-16-13-15(5-2-3-10-19)6-7-17(16)14-18/h6-9,13-14,19H,3-4,10-12H2,1H3. The SMILES string of the molecule is COCCCOc1ccc2cc(C#CCCO)ccc2c1. The van der Waals surface area contributed by atoms with Crippen molar-refractivity contribution in [1.29, 1.82) is 0 Å². The summed E-state index contributed by atoms with van der Waals surface area (Å²) in [6, 6.07) is 12.1. The molecule has 0 saturated carbocycles. The van der Waals surface area contributed by atoms with Gasteiger partial charge in [-0.1, -0.05) is 24.0 Å². The molecule has 1 N–H and O–H groups in total. The number of aliphatic hydroxyl groups is 1. The number of hydrogen-bond donors (Lipinski definition) is 1. The molecule has 3 nitrogen and oxygen atoms in total. The molecule has 0 atom stereocenters. The molecule has 2 aromatic rings. The van der Waals surface area contributed by atoms with Crippen LogP contribution in [0, 0.1) is 11.8 Å². The molecular weight excluding hydrogens is 264 g/mol. The Hall–Kier alpha value is -2.02. The summed E-state index contributed by atoms with van der Waals surface area (Å²) < 4.78 is 10.7. The van der Waals surface area contributed by atoms with E-state index in [-0.39, 0.29) is 6.61 Å². The third kappa shape index (κ3) is 4.78. The number of hydrogen-bond acceptors (Lipinski definition) is 3. The van der Waals surface area contributed by atoms with Crippen LogP contribution in [0.2, 0.25) is 0 Å². The molecule has 0 aromatic heterocycles. The van der Waals surface area contributed by atoms with Crippen LogP contribution in [0.3, 0.4) is 0 Å². The number of rotatable bonds is 6. The molecule has 0 saturated heterocycles. The lowest BCUT2D eigenvalue weighted by atomic mass is 10.1. The second kappa shape index (κ2) is 8.31. The molecule has 21 heavy (non-hydrogen) atoms. The molecule has 2 aromatic carbocycles. The van der Waals surface area contributed by atoms with E-state index in [0.717, 1.165) is 28.5 Å². The van der Waals surface area contributed by atoms with Crippen LogP contribution in [0.5, 0.6) is 5.75 Å². The van der Waals surface area contributed by atoms with E-state index in [1.807, 2.05) is 30.3 Å². The monoisotopic (exact) mass is 284 g/mol. The predicted octanol–water partition coefficient (Wildman–Crippen LogP) is 2.99. The van der Waals surface area contributed by atoms with Crippen molar-refractivity contribution >= 4 is 10.8 Å². The third-order valence-electron chi connectivity index (χ3n) is 3.04. The third-order valence-corrected chi connectivity index (χ3v) is 3.04. The Morgan fingerprint density at radius 3 is 2.67 bits per heavy atom. The maximum atomic E-state index is 8.73. The Balaban J connectivity index is 2.07. The van der Waals surface area contributed by atoms with Crippen LogP contribution in [0.4, 0.5) is 0 Å². The van der Waals surface area contributed by atoms with Gasteiger partial charge in [0.2, 0.25) is 0 Å². The Kier molecular flexibility index (Phi) is 6.08. The van der Waals surface area contributed by atoms with E-state index in [0.29, 0.717) is 19.6 Å². The van der Waals surface area contributed by atoms with E-state index in [1.54, 1.807) is 7.11 Å². The van der Waals surface area contributed by atoms with Gasteiger partial charge in [-0.2, -0.15) is 0 Å². The lowest BCUT2D eigenvalue weighted by Crippen LogP contribution is -2.01. The van der Waals surface area contributed by atoms with Crippen molar-refractivity contribution in [3.05, 3.63) is 42.0 Å². The minimum atomic E-state index is 0.102. The first-order valence-electron chi connectivity index (χ1n) is 7.09. The molecule has 110 valence electrons. The summed E-state index contributed by atoms with van der Waals surface area (Å²) in [7, 11) is 1.69. The van der Waals surface area contributed by atoms with Crippen LogP contribution < -0.4 is 4.74 Å². The fraction of sp³-hybridized carbons (Fsp3) is 0.333. The highest BCUT2D eigenvalue weighted by Gasteiger charge is 1.99. The summed E-state index contributed by atoms with van der Waals surface area (Å²) in [5, 5.41) is 11.0. The summed E-state index contributed by atoms with van der Waals surface area (Å²) in [6.45, 7) is 1.47. The number of benzene rings is 2. The van der Waals surface area contributed by atoms with Crippen molar-refractivity contribution in [2.75, 3.05) is 26.9 Å². The fourth-order valence-electron chi connectivity index (χ4n) is 2.01. The molecule has 0 aliphatic rings. The largest absolute Gasteiger partial charge is 0.493 e. The maximum absolute atomic E-state index is 8.73. The molecule has 0 heterocycles.